The Morgan fingerprint density at radius 2 is 1.94 bits per heavy atom. The molecule has 0 aliphatic heterocycles. The number of amides is 2. The lowest BCUT2D eigenvalue weighted by atomic mass is 10.0. The first-order valence-corrected chi connectivity index (χ1v) is 9.33. The maximum atomic E-state index is 14.7. The molecule has 0 saturated heterocycles. The van der Waals surface area contributed by atoms with Crippen LogP contribution in [0.5, 0.6) is 5.75 Å². The predicted molar refractivity (Wildman–Crippen MR) is 110 cm³/mol. The van der Waals surface area contributed by atoms with Crippen LogP contribution in [0.4, 0.5) is 14.6 Å². The van der Waals surface area contributed by atoms with Gasteiger partial charge < -0.3 is 21.5 Å². The van der Waals surface area contributed by atoms with Crippen LogP contribution in [-0.4, -0.2) is 28.7 Å². The van der Waals surface area contributed by atoms with Crippen molar-refractivity contribution in [1.29, 1.82) is 0 Å². The van der Waals surface area contributed by atoms with Gasteiger partial charge in [-0.3, -0.25) is 9.59 Å². The summed E-state index contributed by atoms with van der Waals surface area (Å²) in [7, 11) is 1.36. The van der Waals surface area contributed by atoms with Crippen LogP contribution in [-0.2, 0) is 13.1 Å². The molecular weight excluding hydrogens is 408 g/mol. The lowest BCUT2D eigenvalue weighted by molar-refractivity contribution is 0.0945. The number of rotatable bonds is 7. The summed E-state index contributed by atoms with van der Waals surface area (Å²) in [5.74, 6) is -2.33. The van der Waals surface area contributed by atoms with Crippen LogP contribution in [0.3, 0.4) is 0 Å². The summed E-state index contributed by atoms with van der Waals surface area (Å²) in [4.78, 5) is 24.2. The summed E-state index contributed by atoms with van der Waals surface area (Å²) in [6.45, 7) is 2.04. The molecule has 1 aromatic heterocycles. The van der Waals surface area contributed by atoms with Gasteiger partial charge in [0.15, 0.2) is 0 Å². The number of ether oxygens (including phenoxy) is 1. The van der Waals surface area contributed by atoms with E-state index in [4.69, 9.17) is 16.2 Å². The Bertz CT molecular complexity index is 1160. The van der Waals surface area contributed by atoms with Crippen molar-refractivity contribution in [2.24, 2.45) is 5.73 Å². The molecule has 3 rings (SSSR count). The molecule has 5 N–H and O–H groups in total. The minimum Gasteiger partial charge on any atom is -0.496 e. The van der Waals surface area contributed by atoms with Crippen LogP contribution in [0.15, 0.2) is 36.4 Å². The fourth-order valence-corrected chi connectivity index (χ4v) is 3.13. The third-order valence-corrected chi connectivity index (χ3v) is 4.71. The summed E-state index contributed by atoms with van der Waals surface area (Å²) in [6.07, 6.45) is 0. The van der Waals surface area contributed by atoms with E-state index in [0.717, 1.165) is 6.07 Å². The number of anilines is 1. The van der Waals surface area contributed by atoms with Crippen LogP contribution in [0.25, 0.3) is 11.3 Å². The average Bonchev–Trinajstić information content (AvgIpc) is 3.09. The summed E-state index contributed by atoms with van der Waals surface area (Å²) in [5.41, 5.74) is 12.0. The molecule has 162 valence electrons. The molecule has 0 atom stereocenters. The number of nitrogens with two attached hydrogens (primary N) is 2. The second-order valence-electron chi connectivity index (χ2n) is 6.62. The Kier molecular flexibility index (Phi) is 6.19. The van der Waals surface area contributed by atoms with Crippen molar-refractivity contribution < 1.29 is 23.1 Å². The van der Waals surface area contributed by atoms with E-state index < -0.39 is 23.4 Å². The fourth-order valence-electron chi connectivity index (χ4n) is 3.13. The first-order valence-electron chi connectivity index (χ1n) is 9.33. The zero-order chi connectivity index (χ0) is 22.7. The van der Waals surface area contributed by atoms with Crippen LogP contribution in [0.1, 0.15) is 33.2 Å². The molecule has 0 unspecified atom stereocenters. The summed E-state index contributed by atoms with van der Waals surface area (Å²) in [6, 6.07) is 7.70. The SMILES string of the molecule is CCn1nc(-c2ccc(CNC(=O)c3cc(F)ccc3OC)c(F)c2)c(C(N)=O)c1N. The average molecular weight is 429 g/mol. The van der Waals surface area contributed by atoms with Crippen molar-refractivity contribution in [3.63, 3.8) is 0 Å². The van der Waals surface area contributed by atoms with E-state index in [0.29, 0.717) is 12.1 Å². The monoisotopic (exact) mass is 429 g/mol. The molecule has 0 aliphatic carbocycles. The van der Waals surface area contributed by atoms with Crippen molar-refractivity contribution in [2.75, 3.05) is 12.8 Å². The largest absolute Gasteiger partial charge is 0.496 e. The zero-order valence-electron chi connectivity index (χ0n) is 16.9. The molecule has 0 fully saturated rings. The summed E-state index contributed by atoms with van der Waals surface area (Å²) < 4.78 is 34.6. The quantitative estimate of drug-likeness (QED) is 0.532. The third-order valence-electron chi connectivity index (χ3n) is 4.71. The number of aromatic nitrogens is 2. The molecule has 31 heavy (non-hydrogen) atoms. The van der Waals surface area contributed by atoms with Gasteiger partial charge in [0.1, 0.15) is 34.5 Å². The number of nitrogens with one attached hydrogen (secondary N) is 1. The predicted octanol–water partition coefficient (Wildman–Crippen LogP) is 2.47. The van der Waals surface area contributed by atoms with Gasteiger partial charge >= 0.3 is 0 Å². The highest BCUT2D eigenvalue weighted by Gasteiger charge is 2.22. The molecule has 0 bridgehead atoms. The second-order valence-corrected chi connectivity index (χ2v) is 6.62. The first-order chi connectivity index (χ1) is 14.8. The molecule has 2 aromatic carbocycles. The molecule has 0 aliphatic rings. The second kappa shape index (κ2) is 8.82. The lowest BCUT2D eigenvalue weighted by Gasteiger charge is -2.10. The van der Waals surface area contributed by atoms with Crippen molar-refractivity contribution in [3.8, 4) is 17.0 Å². The smallest absolute Gasteiger partial charge is 0.255 e. The van der Waals surface area contributed by atoms with Gasteiger partial charge in [-0.1, -0.05) is 12.1 Å². The highest BCUT2D eigenvalue weighted by Crippen LogP contribution is 2.28. The Morgan fingerprint density at radius 1 is 1.19 bits per heavy atom. The standard InChI is InChI=1S/C21H21F2N5O3/c1-3-28-19(24)17(20(25)29)18(27-28)11-4-5-12(15(23)8-11)10-26-21(30)14-9-13(22)6-7-16(14)31-2/h4-9H,3,10,24H2,1-2H3,(H2,25,29)(H,26,30). The number of nitrogens with zero attached hydrogens (tertiary/aromatic N) is 2. The van der Waals surface area contributed by atoms with E-state index in [1.54, 1.807) is 13.0 Å². The number of aryl methyl sites for hydroxylation is 1. The van der Waals surface area contributed by atoms with Crippen molar-refractivity contribution in [2.45, 2.75) is 20.0 Å². The third kappa shape index (κ3) is 4.32. The topological polar surface area (TPSA) is 125 Å². The Morgan fingerprint density at radius 3 is 2.55 bits per heavy atom. The first kappa shape index (κ1) is 21.8. The number of hydrogen-bond acceptors (Lipinski definition) is 5. The molecule has 1 heterocycles. The highest BCUT2D eigenvalue weighted by atomic mass is 19.1. The number of primary amides is 1. The van der Waals surface area contributed by atoms with Gasteiger partial charge in [0.05, 0.1) is 12.7 Å². The zero-order valence-corrected chi connectivity index (χ0v) is 16.9. The normalized spacial score (nSPS) is 10.7. The Balaban J connectivity index is 1.84. The van der Waals surface area contributed by atoms with E-state index in [2.05, 4.69) is 10.4 Å². The van der Waals surface area contributed by atoms with Crippen LogP contribution in [0, 0.1) is 11.6 Å². The van der Waals surface area contributed by atoms with E-state index in [-0.39, 0.29) is 40.5 Å². The lowest BCUT2D eigenvalue weighted by Crippen LogP contribution is -2.24. The number of hydrogen-bond donors (Lipinski definition) is 3. The van der Waals surface area contributed by atoms with Gasteiger partial charge in [-0.25, -0.2) is 13.5 Å². The van der Waals surface area contributed by atoms with E-state index in [1.807, 2.05) is 0 Å². The summed E-state index contributed by atoms with van der Waals surface area (Å²) >= 11 is 0. The van der Waals surface area contributed by atoms with Gasteiger partial charge in [0.25, 0.3) is 11.8 Å². The molecule has 2 amide bonds. The van der Waals surface area contributed by atoms with Crippen LogP contribution < -0.4 is 21.5 Å². The number of methoxy groups -OCH3 is 1. The number of carbonyl (C=O) groups excluding carboxylic acids is 2. The molecular formula is C21H21F2N5O3. The number of carbonyl (C=O) groups is 2. The van der Waals surface area contributed by atoms with Gasteiger partial charge in [0, 0.05) is 24.2 Å². The molecule has 3 aromatic rings. The van der Waals surface area contributed by atoms with Crippen LogP contribution in [0.2, 0.25) is 0 Å². The van der Waals surface area contributed by atoms with Gasteiger partial charge in [-0.15, -0.1) is 0 Å². The highest BCUT2D eigenvalue weighted by molar-refractivity contribution is 6.03. The van der Waals surface area contributed by atoms with Gasteiger partial charge in [-0.05, 0) is 31.2 Å². The number of benzene rings is 2. The molecule has 0 radical (unpaired) electrons. The van der Waals surface area contributed by atoms with Crippen LogP contribution >= 0.6 is 0 Å². The van der Waals surface area contributed by atoms with E-state index >= 15 is 0 Å². The van der Waals surface area contributed by atoms with E-state index in [9.17, 15) is 18.4 Å². The molecule has 0 saturated carbocycles. The van der Waals surface area contributed by atoms with Gasteiger partial charge in [-0.2, -0.15) is 5.10 Å². The maximum absolute atomic E-state index is 14.7. The Hall–Kier alpha value is -3.95. The minimum atomic E-state index is -0.770. The van der Waals surface area contributed by atoms with Gasteiger partial charge in [0.2, 0.25) is 0 Å². The molecule has 10 heteroatoms. The van der Waals surface area contributed by atoms with Crippen molar-refractivity contribution in [1.82, 2.24) is 15.1 Å². The van der Waals surface area contributed by atoms with Crippen molar-refractivity contribution >= 4 is 17.6 Å². The molecule has 0 spiro atoms. The fraction of sp³-hybridized carbons (Fsp3) is 0.190. The molecule has 8 nitrogen and oxygen atoms in total. The Labute approximate surface area is 176 Å². The van der Waals surface area contributed by atoms with E-state index in [1.165, 1.54) is 36.1 Å². The number of nitrogen functional groups attached to an aromatic ring is 1. The summed E-state index contributed by atoms with van der Waals surface area (Å²) in [5, 5.41) is 6.77. The maximum Gasteiger partial charge on any atom is 0.255 e. The minimum absolute atomic E-state index is 0.00814. The number of halogens is 2. The van der Waals surface area contributed by atoms with Crippen molar-refractivity contribution in [3.05, 3.63) is 64.7 Å².